The third kappa shape index (κ3) is 3.44. The van der Waals surface area contributed by atoms with Gasteiger partial charge in [0.25, 0.3) is 0 Å². The van der Waals surface area contributed by atoms with Crippen molar-refractivity contribution in [1.82, 2.24) is 19.9 Å². The zero-order valence-corrected chi connectivity index (χ0v) is 12.8. The third-order valence-electron chi connectivity index (χ3n) is 4.00. The Bertz CT molecular complexity index is 624. The van der Waals surface area contributed by atoms with Gasteiger partial charge in [-0.25, -0.2) is 9.97 Å². The number of aryl methyl sites for hydroxylation is 1. The zero-order chi connectivity index (χ0) is 15.4. The molecule has 0 aliphatic carbocycles. The molecule has 2 aromatic rings. The number of hydrogen-bond donors (Lipinski definition) is 1. The van der Waals surface area contributed by atoms with E-state index in [1.54, 1.807) is 12.4 Å². The first-order chi connectivity index (χ1) is 10.7. The predicted octanol–water partition coefficient (Wildman–Crippen LogP) is 1.37. The second kappa shape index (κ2) is 6.60. The van der Waals surface area contributed by atoms with Crippen LogP contribution >= 0.6 is 0 Å². The molecule has 0 aromatic carbocycles. The predicted molar refractivity (Wildman–Crippen MR) is 84.6 cm³/mol. The van der Waals surface area contributed by atoms with Crippen molar-refractivity contribution in [3.05, 3.63) is 42.6 Å². The monoisotopic (exact) mass is 299 g/mol. The first-order valence-corrected chi connectivity index (χ1v) is 7.65. The van der Waals surface area contributed by atoms with E-state index in [1.165, 1.54) is 0 Å². The molecule has 22 heavy (non-hydrogen) atoms. The van der Waals surface area contributed by atoms with Gasteiger partial charge in [-0.2, -0.15) is 0 Å². The molecule has 1 N–H and O–H groups in total. The molecular formula is C16H21N5O. The highest BCUT2D eigenvalue weighted by molar-refractivity contribution is 5.76. The molecule has 3 heterocycles. The molecule has 116 valence electrons. The highest BCUT2D eigenvalue weighted by atomic mass is 16.2. The fraction of sp³-hybridized carbons (Fsp3) is 0.438. The van der Waals surface area contributed by atoms with E-state index in [-0.39, 0.29) is 11.9 Å². The maximum absolute atomic E-state index is 12.2. The molecule has 6 nitrogen and oxygen atoms in total. The molecule has 1 amide bonds. The SMILES string of the molecule is Cc1nccn1CC(=O)NC1CCCN(c2ccccn2)C1. The van der Waals surface area contributed by atoms with E-state index in [0.717, 1.165) is 37.6 Å². The fourth-order valence-electron chi connectivity index (χ4n) is 2.84. The largest absolute Gasteiger partial charge is 0.355 e. The van der Waals surface area contributed by atoms with Gasteiger partial charge in [-0.3, -0.25) is 4.79 Å². The van der Waals surface area contributed by atoms with Crippen molar-refractivity contribution in [3.8, 4) is 0 Å². The van der Waals surface area contributed by atoms with Crippen LogP contribution < -0.4 is 10.2 Å². The van der Waals surface area contributed by atoms with Crippen LogP contribution in [0.1, 0.15) is 18.7 Å². The van der Waals surface area contributed by atoms with E-state index in [9.17, 15) is 4.79 Å². The number of rotatable bonds is 4. The molecule has 3 rings (SSSR count). The van der Waals surface area contributed by atoms with E-state index >= 15 is 0 Å². The molecule has 1 fully saturated rings. The molecule has 1 saturated heterocycles. The van der Waals surface area contributed by atoms with E-state index in [2.05, 4.69) is 20.2 Å². The van der Waals surface area contributed by atoms with Gasteiger partial charge in [0, 0.05) is 37.7 Å². The summed E-state index contributed by atoms with van der Waals surface area (Å²) in [6.07, 6.45) is 7.42. The first-order valence-electron chi connectivity index (χ1n) is 7.65. The lowest BCUT2D eigenvalue weighted by molar-refractivity contribution is -0.122. The lowest BCUT2D eigenvalue weighted by Gasteiger charge is -2.34. The highest BCUT2D eigenvalue weighted by Crippen LogP contribution is 2.17. The van der Waals surface area contributed by atoms with Crippen molar-refractivity contribution >= 4 is 11.7 Å². The van der Waals surface area contributed by atoms with Gasteiger partial charge in [0.05, 0.1) is 0 Å². The van der Waals surface area contributed by atoms with Crippen LogP contribution in [0.4, 0.5) is 5.82 Å². The molecule has 0 radical (unpaired) electrons. The number of carbonyl (C=O) groups excluding carboxylic acids is 1. The van der Waals surface area contributed by atoms with Crippen molar-refractivity contribution in [2.45, 2.75) is 32.4 Å². The van der Waals surface area contributed by atoms with Gasteiger partial charge in [0.15, 0.2) is 0 Å². The molecule has 6 heteroatoms. The van der Waals surface area contributed by atoms with E-state index < -0.39 is 0 Å². The second-order valence-corrected chi connectivity index (χ2v) is 5.64. The highest BCUT2D eigenvalue weighted by Gasteiger charge is 2.22. The number of carbonyl (C=O) groups is 1. The minimum absolute atomic E-state index is 0.0361. The Kier molecular flexibility index (Phi) is 4.37. The van der Waals surface area contributed by atoms with Crippen molar-refractivity contribution < 1.29 is 4.79 Å². The van der Waals surface area contributed by atoms with Crippen LogP contribution in [0.25, 0.3) is 0 Å². The van der Waals surface area contributed by atoms with Crippen LogP contribution in [0.5, 0.6) is 0 Å². The smallest absolute Gasteiger partial charge is 0.240 e. The molecule has 0 spiro atoms. The fourth-order valence-corrected chi connectivity index (χ4v) is 2.84. The van der Waals surface area contributed by atoms with Gasteiger partial charge in [-0.15, -0.1) is 0 Å². The summed E-state index contributed by atoms with van der Waals surface area (Å²) < 4.78 is 1.86. The maximum atomic E-state index is 12.2. The summed E-state index contributed by atoms with van der Waals surface area (Å²) in [6, 6.07) is 6.10. The van der Waals surface area contributed by atoms with Gasteiger partial charge < -0.3 is 14.8 Å². The Morgan fingerprint density at radius 2 is 2.27 bits per heavy atom. The lowest BCUT2D eigenvalue weighted by Crippen LogP contribution is -2.48. The number of amides is 1. The number of imidazole rings is 1. The van der Waals surface area contributed by atoms with Gasteiger partial charge >= 0.3 is 0 Å². The van der Waals surface area contributed by atoms with Crippen molar-refractivity contribution in [2.75, 3.05) is 18.0 Å². The van der Waals surface area contributed by atoms with Crippen LogP contribution in [0.3, 0.4) is 0 Å². The number of nitrogens with zero attached hydrogens (tertiary/aromatic N) is 4. The Balaban J connectivity index is 1.56. The van der Waals surface area contributed by atoms with E-state index in [0.29, 0.717) is 6.54 Å². The van der Waals surface area contributed by atoms with Crippen LogP contribution in [0, 0.1) is 6.92 Å². The number of anilines is 1. The van der Waals surface area contributed by atoms with E-state index in [1.807, 2.05) is 35.9 Å². The van der Waals surface area contributed by atoms with Gasteiger partial charge in [0.1, 0.15) is 18.2 Å². The van der Waals surface area contributed by atoms with Crippen molar-refractivity contribution in [3.63, 3.8) is 0 Å². The Hall–Kier alpha value is -2.37. The van der Waals surface area contributed by atoms with Gasteiger partial charge in [0.2, 0.25) is 5.91 Å². The Morgan fingerprint density at radius 1 is 1.36 bits per heavy atom. The Labute approximate surface area is 130 Å². The van der Waals surface area contributed by atoms with Crippen LogP contribution in [0.15, 0.2) is 36.8 Å². The van der Waals surface area contributed by atoms with Crippen LogP contribution in [0.2, 0.25) is 0 Å². The molecule has 0 saturated carbocycles. The average molecular weight is 299 g/mol. The summed E-state index contributed by atoms with van der Waals surface area (Å²) in [5.74, 6) is 1.87. The molecular weight excluding hydrogens is 278 g/mol. The number of nitrogens with one attached hydrogen (secondary N) is 1. The Morgan fingerprint density at radius 3 is 3.00 bits per heavy atom. The average Bonchev–Trinajstić information content (AvgIpc) is 2.93. The van der Waals surface area contributed by atoms with Crippen LogP contribution in [-0.2, 0) is 11.3 Å². The molecule has 1 atom stereocenters. The minimum Gasteiger partial charge on any atom is -0.355 e. The number of hydrogen-bond acceptors (Lipinski definition) is 4. The number of piperidine rings is 1. The number of pyridine rings is 1. The summed E-state index contributed by atoms with van der Waals surface area (Å²) in [7, 11) is 0. The molecule has 1 aliphatic rings. The van der Waals surface area contributed by atoms with Gasteiger partial charge in [-0.05, 0) is 31.9 Å². The minimum atomic E-state index is 0.0361. The molecule has 0 bridgehead atoms. The quantitative estimate of drug-likeness (QED) is 0.926. The first kappa shape index (κ1) is 14.6. The summed E-state index contributed by atoms with van der Waals surface area (Å²) >= 11 is 0. The second-order valence-electron chi connectivity index (χ2n) is 5.64. The summed E-state index contributed by atoms with van der Waals surface area (Å²) in [5.41, 5.74) is 0. The van der Waals surface area contributed by atoms with Crippen LogP contribution in [-0.4, -0.2) is 39.6 Å². The number of aromatic nitrogens is 3. The summed E-state index contributed by atoms with van der Waals surface area (Å²) in [5, 5.41) is 3.13. The molecule has 1 aliphatic heterocycles. The molecule has 1 unspecified atom stereocenters. The van der Waals surface area contributed by atoms with Crippen molar-refractivity contribution in [2.24, 2.45) is 0 Å². The lowest BCUT2D eigenvalue weighted by atomic mass is 10.1. The van der Waals surface area contributed by atoms with Crippen molar-refractivity contribution in [1.29, 1.82) is 0 Å². The van der Waals surface area contributed by atoms with E-state index in [4.69, 9.17) is 0 Å². The topological polar surface area (TPSA) is 63.1 Å². The van der Waals surface area contributed by atoms with Gasteiger partial charge in [-0.1, -0.05) is 6.07 Å². The molecule has 2 aromatic heterocycles. The maximum Gasteiger partial charge on any atom is 0.240 e. The summed E-state index contributed by atoms with van der Waals surface area (Å²) in [4.78, 5) is 22.9. The normalized spacial score (nSPS) is 18.2. The standard InChI is InChI=1S/C16H21N5O/c1-13-17-8-10-20(13)12-16(22)19-14-5-4-9-21(11-14)15-6-2-3-7-18-15/h2-3,6-8,10,14H,4-5,9,11-12H2,1H3,(H,19,22). The zero-order valence-electron chi connectivity index (χ0n) is 12.8. The third-order valence-corrected chi connectivity index (χ3v) is 4.00. The summed E-state index contributed by atoms with van der Waals surface area (Å²) in [6.45, 7) is 4.03.